The SMILES string of the molecule is CCOC(=O)[C@@H](CN)[C@@H](C(C)C)N1CCOCC1. The maximum absolute atomic E-state index is 12.0. The van der Waals surface area contributed by atoms with Gasteiger partial charge in [0.2, 0.25) is 0 Å². The van der Waals surface area contributed by atoms with Crippen molar-refractivity contribution in [3.8, 4) is 0 Å². The fourth-order valence-corrected chi connectivity index (χ4v) is 2.64. The summed E-state index contributed by atoms with van der Waals surface area (Å²) in [6, 6.07) is 0.137. The molecule has 18 heavy (non-hydrogen) atoms. The molecule has 1 aliphatic heterocycles. The van der Waals surface area contributed by atoms with Gasteiger partial charge in [-0.25, -0.2) is 0 Å². The minimum absolute atomic E-state index is 0.137. The fraction of sp³-hybridized carbons (Fsp3) is 0.923. The van der Waals surface area contributed by atoms with Crippen LogP contribution in [-0.4, -0.2) is 56.4 Å². The molecule has 1 saturated heterocycles. The van der Waals surface area contributed by atoms with E-state index in [4.69, 9.17) is 15.2 Å². The first-order valence-corrected chi connectivity index (χ1v) is 6.80. The molecule has 0 aromatic heterocycles. The summed E-state index contributed by atoms with van der Waals surface area (Å²) in [5.41, 5.74) is 5.79. The van der Waals surface area contributed by atoms with Gasteiger partial charge in [0.1, 0.15) is 0 Å². The molecule has 0 aliphatic carbocycles. The summed E-state index contributed by atoms with van der Waals surface area (Å²) in [6.45, 7) is 9.99. The smallest absolute Gasteiger partial charge is 0.311 e. The molecule has 0 bridgehead atoms. The Labute approximate surface area is 110 Å². The van der Waals surface area contributed by atoms with Crippen molar-refractivity contribution in [3.63, 3.8) is 0 Å². The lowest BCUT2D eigenvalue weighted by molar-refractivity contribution is -0.152. The van der Waals surface area contributed by atoms with Crippen molar-refractivity contribution in [3.05, 3.63) is 0 Å². The number of morpholine rings is 1. The molecule has 106 valence electrons. The van der Waals surface area contributed by atoms with Crippen LogP contribution in [0.15, 0.2) is 0 Å². The molecular weight excluding hydrogens is 232 g/mol. The highest BCUT2D eigenvalue weighted by Crippen LogP contribution is 2.21. The van der Waals surface area contributed by atoms with Crippen LogP contribution in [0.2, 0.25) is 0 Å². The third-order valence-electron chi connectivity index (χ3n) is 3.41. The highest BCUT2D eigenvalue weighted by molar-refractivity contribution is 5.73. The highest BCUT2D eigenvalue weighted by Gasteiger charge is 2.35. The third kappa shape index (κ3) is 3.93. The summed E-state index contributed by atoms with van der Waals surface area (Å²) in [5, 5.41) is 0. The molecule has 0 aromatic rings. The Kier molecular flexibility index (Phi) is 6.60. The summed E-state index contributed by atoms with van der Waals surface area (Å²) in [7, 11) is 0. The van der Waals surface area contributed by atoms with Crippen LogP contribution in [0.3, 0.4) is 0 Å². The Morgan fingerprint density at radius 2 is 2.00 bits per heavy atom. The molecule has 1 fully saturated rings. The Hall–Kier alpha value is -0.650. The van der Waals surface area contributed by atoms with Crippen LogP contribution in [0.25, 0.3) is 0 Å². The van der Waals surface area contributed by atoms with Crippen LogP contribution >= 0.6 is 0 Å². The number of carbonyl (C=O) groups excluding carboxylic acids is 1. The number of nitrogens with zero attached hydrogens (tertiary/aromatic N) is 1. The molecule has 2 atom stereocenters. The van der Waals surface area contributed by atoms with Crippen molar-refractivity contribution in [2.24, 2.45) is 17.6 Å². The van der Waals surface area contributed by atoms with Crippen molar-refractivity contribution < 1.29 is 14.3 Å². The maximum atomic E-state index is 12.0. The largest absolute Gasteiger partial charge is 0.466 e. The quantitative estimate of drug-likeness (QED) is 0.702. The summed E-state index contributed by atoms with van der Waals surface area (Å²) >= 11 is 0. The first kappa shape index (κ1) is 15.4. The molecule has 0 unspecified atom stereocenters. The van der Waals surface area contributed by atoms with Crippen molar-refractivity contribution in [2.75, 3.05) is 39.5 Å². The molecular formula is C13H26N2O3. The van der Waals surface area contributed by atoms with Gasteiger partial charge in [-0.05, 0) is 12.8 Å². The van der Waals surface area contributed by atoms with E-state index in [1.165, 1.54) is 0 Å². The summed E-state index contributed by atoms with van der Waals surface area (Å²) in [6.07, 6.45) is 0. The van der Waals surface area contributed by atoms with Gasteiger partial charge in [0.15, 0.2) is 0 Å². The van der Waals surface area contributed by atoms with Crippen LogP contribution in [0.1, 0.15) is 20.8 Å². The zero-order valence-corrected chi connectivity index (χ0v) is 11.7. The van der Waals surface area contributed by atoms with E-state index >= 15 is 0 Å². The van der Waals surface area contributed by atoms with E-state index in [0.29, 0.717) is 19.1 Å². The lowest BCUT2D eigenvalue weighted by Crippen LogP contribution is -2.53. The Balaban J connectivity index is 2.76. The van der Waals surface area contributed by atoms with Gasteiger partial charge in [0.05, 0.1) is 25.7 Å². The number of carbonyl (C=O) groups is 1. The van der Waals surface area contributed by atoms with Crippen LogP contribution in [0.5, 0.6) is 0 Å². The van der Waals surface area contributed by atoms with Crippen LogP contribution in [-0.2, 0) is 14.3 Å². The summed E-state index contributed by atoms with van der Waals surface area (Å²) in [5.74, 6) is -0.0608. The number of hydrogen-bond acceptors (Lipinski definition) is 5. The molecule has 0 saturated carbocycles. The van der Waals surface area contributed by atoms with Crippen molar-refractivity contribution in [1.82, 2.24) is 4.90 Å². The molecule has 0 radical (unpaired) electrons. The summed E-state index contributed by atoms with van der Waals surface area (Å²) in [4.78, 5) is 14.3. The van der Waals surface area contributed by atoms with Gasteiger partial charge in [0, 0.05) is 25.7 Å². The topological polar surface area (TPSA) is 64.8 Å². The van der Waals surface area contributed by atoms with Crippen LogP contribution < -0.4 is 5.73 Å². The number of nitrogens with two attached hydrogens (primary N) is 1. The Bertz CT molecular complexity index is 253. The zero-order valence-electron chi connectivity index (χ0n) is 11.7. The van der Waals surface area contributed by atoms with Crippen LogP contribution in [0.4, 0.5) is 0 Å². The van der Waals surface area contributed by atoms with E-state index in [9.17, 15) is 4.79 Å². The zero-order chi connectivity index (χ0) is 13.5. The molecule has 1 aliphatic rings. The minimum atomic E-state index is -0.247. The average molecular weight is 258 g/mol. The number of ether oxygens (including phenoxy) is 2. The van der Waals surface area contributed by atoms with E-state index in [1.807, 2.05) is 6.92 Å². The molecule has 1 heterocycles. The first-order valence-electron chi connectivity index (χ1n) is 6.80. The van der Waals surface area contributed by atoms with Gasteiger partial charge in [-0.15, -0.1) is 0 Å². The Morgan fingerprint density at radius 3 is 2.44 bits per heavy atom. The third-order valence-corrected chi connectivity index (χ3v) is 3.41. The molecule has 0 spiro atoms. The van der Waals surface area contributed by atoms with Gasteiger partial charge in [-0.1, -0.05) is 13.8 Å². The van der Waals surface area contributed by atoms with Gasteiger partial charge in [0.25, 0.3) is 0 Å². The number of esters is 1. The van der Waals surface area contributed by atoms with Crippen molar-refractivity contribution in [1.29, 1.82) is 0 Å². The van der Waals surface area contributed by atoms with E-state index in [-0.39, 0.29) is 17.9 Å². The number of hydrogen-bond donors (Lipinski definition) is 1. The molecule has 5 heteroatoms. The second-order valence-electron chi connectivity index (χ2n) is 4.98. The van der Waals surface area contributed by atoms with Crippen molar-refractivity contribution in [2.45, 2.75) is 26.8 Å². The average Bonchev–Trinajstić information content (AvgIpc) is 2.36. The summed E-state index contributed by atoms with van der Waals surface area (Å²) < 4.78 is 10.5. The predicted octanol–water partition coefficient (Wildman–Crippen LogP) is 0.481. The Morgan fingerprint density at radius 1 is 1.39 bits per heavy atom. The minimum Gasteiger partial charge on any atom is -0.466 e. The highest BCUT2D eigenvalue weighted by atomic mass is 16.5. The van der Waals surface area contributed by atoms with Gasteiger partial charge in [-0.2, -0.15) is 0 Å². The van der Waals surface area contributed by atoms with E-state index in [2.05, 4.69) is 18.7 Å². The standard InChI is InChI=1S/C13H26N2O3/c1-4-18-13(16)11(9-14)12(10(2)3)15-5-7-17-8-6-15/h10-12H,4-9,14H2,1-3H3/t11-,12+/m0/s1. The predicted molar refractivity (Wildman–Crippen MR) is 70.2 cm³/mol. The molecule has 0 amide bonds. The molecule has 5 nitrogen and oxygen atoms in total. The van der Waals surface area contributed by atoms with Crippen molar-refractivity contribution >= 4 is 5.97 Å². The monoisotopic (exact) mass is 258 g/mol. The molecule has 2 N–H and O–H groups in total. The first-order chi connectivity index (χ1) is 8.61. The maximum Gasteiger partial charge on any atom is 0.311 e. The molecule has 0 aromatic carbocycles. The lowest BCUT2D eigenvalue weighted by Gasteiger charge is -2.40. The normalized spacial score (nSPS) is 20.7. The lowest BCUT2D eigenvalue weighted by atomic mass is 9.88. The molecule has 1 rings (SSSR count). The fourth-order valence-electron chi connectivity index (χ4n) is 2.64. The van der Waals surface area contributed by atoms with E-state index in [0.717, 1.165) is 26.3 Å². The van der Waals surface area contributed by atoms with E-state index in [1.54, 1.807) is 0 Å². The van der Waals surface area contributed by atoms with Crippen LogP contribution in [0, 0.1) is 11.8 Å². The second-order valence-corrected chi connectivity index (χ2v) is 4.98. The second kappa shape index (κ2) is 7.71. The van der Waals surface area contributed by atoms with Gasteiger partial charge >= 0.3 is 5.97 Å². The van der Waals surface area contributed by atoms with Gasteiger partial charge < -0.3 is 15.2 Å². The van der Waals surface area contributed by atoms with E-state index < -0.39 is 0 Å². The van der Waals surface area contributed by atoms with Gasteiger partial charge in [-0.3, -0.25) is 9.69 Å². The number of rotatable bonds is 6.